The molecule has 0 aliphatic carbocycles. The number of fused-ring (bicyclic) bond motifs is 7. The topological polar surface area (TPSA) is 62.4 Å². The van der Waals surface area contributed by atoms with Gasteiger partial charge in [0.2, 0.25) is 0 Å². The number of para-hydroxylation sites is 1. The van der Waals surface area contributed by atoms with E-state index in [9.17, 15) is 5.11 Å². The van der Waals surface area contributed by atoms with E-state index >= 15 is 0 Å². The second-order valence-electron chi connectivity index (χ2n) is 18.8. The molecule has 3 aliphatic heterocycles. The van der Waals surface area contributed by atoms with Crippen LogP contribution in [0.15, 0.2) is 116 Å². The average molecular weight is 996 g/mol. The van der Waals surface area contributed by atoms with Crippen molar-refractivity contribution >= 4 is 42.0 Å². The summed E-state index contributed by atoms with van der Waals surface area (Å²) in [5.41, 5.74) is 15.9. The Bertz CT molecular complexity index is 2730. The normalized spacial score (nSPS) is 14.2. The van der Waals surface area contributed by atoms with Gasteiger partial charge in [0.25, 0.3) is 0 Å². The third kappa shape index (κ3) is 6.68. The molecule has 0 spiro atoms. The molecule has 5 heterocycles. The number of anilines is 3. The number of rotatable bonds is 6. The first-order chi connectivity index (χ1) is 29.2. The second-order valence-corrected chi connectivity index (χ2v) is 18.8. The van der Waals surface area contributed by atoms with E-state index in [0.29, 0.717) is 23.7 Å². The molecule has 0 saturated heterocycles. The summed E-state index contributed by atoms with van der Waals surface area (Å²) in [4.78, 5) is 14.3. The van der Waals surface area contributed by atoms with Crippen LogP contribution < -0.4 is 20.5 Å². The standard InChI is InChI=1S/C30H32BN3O.C22H25BN3.Ir/c1-18(2)20-10-9-11-21(19(3)4)27(20)31-33-17-16-32-29(33)26-25(35)15-14-23-28(26)34(31)24-13-8-7-12-22(24)30(23,5)6;1-15(2)17-10-8-11-18(16(3)4)21(17)23-25(5)20-12-7-6-9-19(20)22-24-13-14-26(22)23;/h7-19,35H,1-6H3;6-8,10-16H,1-5H3;/q;-1;. The van der Waals surface area contributed by atoms with Crippen molar-refractivity contribution in [3.63, 3.8) is 0 Å². The Hall–Kier alpha value is -5.30. The van der Waals surface area contributed by atoms with Crippen LogP contribution in [0.25, 0.3) is 22.8 Å². The number of aromatic hydroxyl groups is 1. The molecule has 3 aliphatic rings. The van der Waals surface area contributed by atoms with Crippen molar-refractivity contribution < 1.29 is 25.2 Å². The molecule has 0 fully saturated rings. The molecule has 7 nitrogen and oxygen atoms in total. The Morgan fingerprint density at radius 3 is 1.69 bits per heavy atom. The van der Waals surface area contributed by atoms with E-state index in [2.05, 4.69) is 197 Å². The minimum atomic E-state index is -0.206. The monoisotopic (exact) mass is 996 g/mol. The Labute approximate surface area is 382 Å². The molecule has 0 amide bonds. The SMILES string of the molecule is CC(C)c1cccc(C(C)C)c1B1N(C)c2ccc[c-]c2-c2nccn21.CC(C)c1cccc(C(C)C)c1B1N2c3ccccc3C(C)(C)c3ccc(O)c(c32)-c2nccn21.[Ir]. The van der Waals surface area contributed by atoms with E-state index < -0.39 is 0 Å². The van der Waals surface area contributed by atoms with Crippen molar-refractivity contribution in [3.8, 4) is 28.5 Å². The zero-order valence-electron chi connectivity index (χ0n) is 37.9. The van der Waals surface area contributed by atoms with Crippen LogP contribution in [-0.2, 0) is 25.5 Å². The predicted octanol–water partition coefficient (Wildman–Crippen LogP) is 10.8. The van der Waals surface area contributed by atoms with Gasteiger partial charge in [0.05, 0.1) is 5.56 Å². The first-order valence-electron chi connectivity index (χ1n) is 22.0. The van der Waals surface area contributed by atoms with Gasteiger partial charge in [-0.1, -0.05) is 141 Å². The predicted molar refractivity (Wildman–Crippen MR) is 256 cm³/mol. The van der Waals surface area contributed by atoms with Crippen LogP contribution in [0.1, 0.15) is 126 Å². The number of nitrogens with zero attached hydrogens (tertiary/aromatic N) is 6. The van der Waals surface area contributed by atoms with Crippen molar-refractivity contribution in [1.29, 1.82) is 0 Å². The maximum atomic E-state index is 11.2. The van der Waals surface area contributed by atoms with Crippen LogP contribution in [-0.4, -0.2) is 45.0 Å². The molecular weight excluding hydrogens is 938 g/mol. The molecule has 10 heteroatoms. The molecule has 0 atom stereocenters. The molecule has 0 unspecified atom stereocenters. The Balaban J connectivity index is 0.000000175. The summed E-state index contributed by atoms with van der Waals surface area (Å²) in [6.45, 7) is 22.8. The van der Waals surface area contributed by atoms with Gasteiger partial charge in [-0.05, 0) is 87.2 Å². The summed E-state index contributed by atoms with van der Waals surface area (Å²) in [5, 5.41) is 11.2. The Morgan fingerprint density at radius 2 is 1.11 bits per heavy atom. The zero-order valence-corrected chi connectivity index (χ0v) is 40.3. The van der Waals surface area contributed by atoms with Crippen molar-refractivity contribution in [1.82, 2.24) is 18.9 Å². The Morgan fingerprint density at radius 1 is 0.597 bits per heavy atom. The number of imidazole rings is 2. The molecule has 5 aromatic carbocycles. The maximum Gasteiger partial charge on any atom is 0.422 e. The Kier molecular flexibility index (Phi) is 11.5. The van der Waals surface area contributed by atoms with E-state index in [1.54, 1.807) is 0 Å². The van der Waals surface area contributed by atoms with Crippen LogP contribution in [0.4, 0.5) is 17.1 Å². The van der Waals surface area contributed by atoms with Gasteiger partial charge >= 0.3 is 14.0 Å². The van der Waals surface area contributed by atoms with Crippen molar-refractivity contribution in [2.75, 3.05) is 16.7 Å². The van der Waals surface area contributed by atoms with Gasteiger partial charge < -0.3 is 23.7 Å². The smallest absolute Gasteiger partial charge is 0.422 e. The van der Waals surface area contributed by atoms with Gasteiger partial charge in [0.1, 0.15) is 11.6 Å². The molecule has 0 saturated carbocycles. The number of aromatic nitrogens is 4. The third-order valence-electron chi connectivity index (χ3n) is 13.4. The quantitative estimate of drug-likeness (QED) is 0.133. The van der Waals surface area contributed by atoms with Crippen LogP contribution in [0.3, 0.4) is 0 Å². The summed E-state index contributed by atoms with van der Waals surface area (Å²) in [6, 6.07) is 35.8. The number of hydrogen-bond donors (Lipinski definition) is 1. The van der Waals surface area contributed by atoms with Gasteiger partial charge in [0, 0.05) is 67.5 Å². The van der Waals surface area contributed by atoms with Crippen LogP contribution in [0.2, 0.25) is 0 Å². The van der Waals surface area contributed by atoms with Gasteiger partial charge in [0.15, 0.2) is 0 Å². The van der Waals surface area contributed by atoms with Gasteiger partial charge in [-0.25, -0.2) is 4.98 Å². The van der Waals surface area contributed by atoms with E-state index in [-0.39, 0.29) is 45.2 Å². The summed E-state index contributed by atoms with van der Waals surface area (Å²) in [5.74, 6) is 3.77. The molecule has 2 aromatic heterocycles. The fourth-order valence-corrected chi connectivity index (χ4v) is 10.5. The van der Waals surface area contributed by atoms with E-state index in [4.69, 9.17) is 4.98 Å². The number of phenols is 1. The number of benzene rings is 5. The first-order valence-corrected chi connectivity index (χ1v) is 22.0. The second kappa shape index (κ2) is 16.4. The number of hydrogen-bond acceptors (Lipinski definition) is 5. The summed E-state index contributed by atoms with van der Waals surface area (Å²) in [7, 11) is 2.18. The molecule has 317 valence electrons. The summed E-state index contributed by atoms with van der Waals surface area (Å²) < 4.78 is 4.56. The molecule has 10 rings (SSSR count). The zero-order chi connectivity index (χ0) is 43.1. The molecule has 1 radical (unpaired) electrons. The maximum absolute atomic E-state index is 11.2. The minimum absolute atomic E-state index is 0. The summed E-state index contributed by atoms with van der Waals surface area (Å²) >= 11 is 0. The number of phenolic OH excluding ortho intramolecular Hbond substituents is 1. The average Bonchev–Trinajstić information content (AvgIpc) is 3.94. The molecule has 7 aromatic rings. The summed E-state index contributed by atoms with van der Waals surface area (Å²) in [6.07, 6.45) is 7.93. The minimum Gasteiger partial charge on any atom is -0.507 e. The molecule has 62 heavy (non-hydrogen) atoms. The van der Waals surface area contributed by atoms with Crippen molar-refractivity contribution in [3.05, 3.63) is 155 Å². The molecular formula is C52H57B2IrN6O-. The molecule has 0 bridgehead atoms. The van der Waals surface area contributed by atoms with E-state index in [1.165, 1.54) is 55.7 Å². The van der Waals surface area contributed by atoms with Crippen molar-refractivity contribution in [2.24, 2.45) is 0 Å². The van der Waals surface area contributed by atoms with E-state index in [0.717, 1.165) is 28.5 Å². The molecule has 1 N–H and O–H groups in total. The van der Waals surface area contributed by atoms with Gasteiger partial charge in [-0.15, -0.1) is 24.3 Å². The van der Waals surface area contributed by atoms with Gasteiger partial charge in [-0.2, -0.15) is 0 Å². The fourth-order valence-electron chi connectivity index (χ4n) is 10.5. The third-order valence-corrected chi connectivity index (χ3v) is 13.4. The largest absolute Gasteiger partial charge is 0.507 e. The first kappa shape index (κ1) is 43.4. The van der Waals surface area contributed by atoms with Crippen LogP contribution in [0.5, 0.6) is 5.75 Å². The van der Waals surface area contributed by atoms with Crippen LogP contribution in [0, 0.1) is 6.07 Å². The van der Waals surface area contributed by atoms with Crippen LogP contribution >= 0.6 is 0 Å². The van der Waals surface area contributed by atoms with E-state index in [1.807, 2.05) is 24.5 Å². The van der Waals surface area contributed by atoms with Gasteiger partial charge in [-0.3, -0.25) is 4.98 Å². The van der Waals surface area contributed by atoms with Crippen molar-refractivity contribution in [2.45, 2.75) is 98.3 Å². The fraction of sp³-hybridized carbons (Fsp3) is 0.308.